The van der Waals surface area contributed by atoms with Crippen molar-refractivity contribution in [3.63, 3.8) is 0 Å². The zero-order valence-corrected chi connectivity index (χ0v) is 11.2. The van der Waals surface area contributed by atoms with Crippen molar-refractivity contribution in [1.29, 1.82) is 0 Å². The lowest BCUT2D eigenvalue weighted by Gasteiger charge is -2.24. The minimum absolute atomic E-state index is 0.0108. The molecule has 0 aliphatic carbocycles. The minimum Gasteiger partial charge on any atom is -0.322 e. The van der Waals surface area contributed by atoms with Crippen LogP contribution >= 0.6 is 0 Å². The fourth-order valence-corrected chi connectivity index (χ4v) is 2.27. The zero-order valence-electron chi connectivity index (χ0n) is 11.2. The van der Waals surface area contributed by atoms with Crippen LogP contribution in [0.5, 0.6) is 0 Å². The molecule has 0 aromatic heterocycles. The third-order valence-electron chi connectivity index (χ3n) is 3.38. The summed E-state index contributed by atoms with van der Waals surface area (Å²) in [4.78, 5) is 13.5. The highest BCUT2D eigenvalue weighted by molar-refractivity contribution is 5.80. The molecule has 110 valence electrons. The Morgan fingerprint density at radius 3 is 2.50 bits per heavy atom. The molecule has 1 unspecified atom stereocenters. The molecule has 1 saturated heterocycles. The molecule has 3 nitrogen and oxygen atoms in total. The number of halogens is 3. The fraction of sp³-hybridized carbons (Fsp3) is 0.500. The molecule has 1 aliphatic heterocycles. The van der Waals surface area contributed by atoms with Crippen molar-refractivity contribution in [2.75, 3.05) is 13.1 Å². The molecule has 6 heteroatoms. The van der Waals surface area contributed by atoms with Crippen LogP contribution < -0.4 is 5.32 Å². The lowest BCUT2D eigenvalue weighted by Crippen LogP contribution is -2.31. The van der Waals surface area contributed by atoms with Crippen LogP contribution in [0.25, 0.3) is 0 Å². The summed E-state index contributed by atoms with van der Waals surface area (Å²) in [5, 5.41) is 3.03. The molecule has 1 heterocycles. The number of nitrogens with one attached hydrogen (secondary N) is 1. The summed E-state index contributed by atoms with van der Waals surface area (Å²) in [6, 6.07) is 4.96. The lowest BCUT2D eigenvalue weighted by atomic mass is 10.1. The maximum atomic E-state index is 12.5. The number of amides is 1. The smallest absolute Gasteiger partial charge is 0.322 e. The Labute approximate surface area is 115 Å². The Morgan fingerprint density at radius 1 is 1.30 bits per heavy atom. The fourth-order valence-electron chi connectivity index (χ4n) is 2.27. The van der Waals surface area contributed by atoms with Gasteiger partial charge in [0.05, 0.1) is 12.1 Å². The van der Waals surface area contributed by atoms with Gasteiger partial charge in [0.15, 0.2) is 0 Å². The van der Waals surface area contributed by atoms with E-state index < -0.39 is 11.7 Å². The van der Waals surface area contributed by atoms with Crippen LogP contribution in [-0.4, -0.2) is 23.9 Å². The topological polar surface area (TPSA) is 32.3 Å². The first-order chi connectivity index (χ1) is 9.43. The first-order valence-corrected chi connectivity index (χ1v) is 6.63. The first kappa shape index (κ1) is 14.8. The van der Waals surface area contributed by atoms with Gasteiger partial charge in [-0.15, -0.1) is 0 Å². The number of hydrogen-bond donors (Lipinski definition) is 1. The molecule has 1 amide bonds. The van der Waals surface area contributed by atoms with Gasteiger partial charge in [-0.3, -0.25) is 10.1 Å². The van der Waals surface area contributed by atoms with E-state index in [1.807, 2.05) is 6.92 Å². The van der Waals surface area contributed by atoms with E-state index in [1.54, 1.807) is 4.90 Å². The monoisotopic (exact) mass is 286 g/mol. The van der Waals surface area contributed by atoms with Gasteiger partial charge in [0, 0.05) is 6.54 Å². The summed E-state index contributed by atoms with van der Waals surface area (Å²) in [5.74, 6) is -0.0108. The van der Waals surface area contributed by atoms with Crippen LogP contribution in [0.1, 0.15) is 37.1 Å². The number of hydrogen-bond acceptors (Lipinski definition) is 2. The Kier molecular flexibility index (Phi) is 4.32. The molecular weight excluding hydrogens is 269 g/mol. The molecular formula is C14H17F3N2O. The van der Waals surface area contributed by atoms with Crippen molar-refractivity contribution in [3.05, 3.63) is 35.4 Å². The molecule has 0 saturated carbocycles. The summed E-state index contributed by atoms with van der Waals surface area (Å²) < 4.78 is 37.6. The largest absolute Gasteiger partial charge is 0.416 e. The normalized spacial score (nSPS) is 19.7. The van der Waals surface area contributed by atoms with Gasteiger partial charge in [-0.1, -0.05) is 25.5 Å². The number of nitrogens with zero attached hydrogens (tertiary/aromatic N) is 1. The maximum absolute atomic E-state index is 12.5. The second-order valence-electron chi connectivity index (χ2n) is 4.84. The van der Waals surface area contributed by atoms with Gasteiger partial charge in [0.25, 0.3) is 0 Å². The second kappa shape index (κ2) is 5.83. The van der Waals surface area contributed by atoms with E-state index >= 15 is 0 Å². The Morgan fingerprint density at radius 2 is 1.95 bits per heavy atom. The average Bonchev–Trinajstić information content (AvgIpc) is 2.77. The van der Waals surface area contributed by atoms with Crippen LogP contribution in [0.3, 0.4) is 0 Å². The molecule has 0 bridgehead atoms. The van der Waals surface area contributed by atoms with Gasteiger partial charge >= 0.3 is 6.18 Å². The van der Waals surface area contributed by atoms with Crippen LogP contribution in [0, 0.1) is 0 Å². The summed E-state index contributed by atoms with van der Waals surface area (Å²) in [7, 11) is 0. The number of carbonyl (C=O) groups is 1. The maximum Gasteiger partial charge on any atom is 0.416 e. The van der Waals surface area contributed by atoms with E-state index in [-0.39, 0.29) is 18.6 Å². The Balaban J connectivity index is 2.16. The summed E-state index contributed by atoms with van der Waals surface area (Å²) in [5.41, 5.74) is 0.00522. The van der Waals surface area contributed by atoms with Crippen molar-refractivity contribution < 1.29 is 18.0 Å². The Bertz CT molecular complexity index is 470. The Hall–Kier alpha value is -1.56. The number of carbonyl (C=O) groups excluding carboxylic acids is 1. The quantitative estimate of drug-likeness (QED) is 0.923. The standard InChI is InChI=1S/C14H17F3N2O/c1-2-3-8-19-12(20)9-18-13(19)10-4-6-11(7-5-10)14(15,16)17/h4-7,13,18H,2-3,8-9H2,1H3. The summed E-state index contributed by atoms with van der Waals surface area (Å²) in [6.07, 6.45) is -2.82. The van der Waals surface area contributed by atoms with E-state index in [0.717, 1.165) is 25.0 Å². The van der Waals surface area contributed by atoms with E-state index in [2.05, 4.69) is 5.32 Å². The number of unbranched alkanes of at least 4 members (excludes halogenated alkanes) is 1. The van der Waals surface area contributed by atoms with Gasteiger partial charge in [-0.05, 0) is 24.1 Å². The second-order valence-corrected chi connectivity index (χ2v) is 4.84. The molecule has 1 aliphatic rings. The predicted molar refractivity (Wildman–Crippen MR) is 68.8 cm³/mol. The number of benzene rings is 1. The van der Waals surface area contributed by atoms with Crippen LogP contribution in [0.4, 0.5) is 13.2 Å². The van der Waals surface area contributed by atoms with Gasteiger partial charge < -0.3 is 4.90 Å². The van der Waals surface area contributed by atoms with Crippen molar-refractivity contribution in [1.82, 2.24) is 10.2 Å². The molecule has 0 spiro atoms. The van der Waals surface area contributed by atoms with Gasteiger partial charge in [-0.25, -0.2) is 0 Å². The van der Waals surface area contributed by atoms with Crippen molar-refractivity contribution in [2.45, 2.75) is 32.1 Å². The van der Waals surface area contributed by atoms with Crippen LogP contribution in [0.15, 0.2) is 24.3 Å². The van der Waals surface area contributed by atoms with Crippen LogP contribution in [0.2, 0.25) is 0 Å². The lowest BCUT2D eigenvalue weighted by molar-refractivity contribution is -0.137. The third-order valence-corrected chi connectivity index (χ3v) is 3.38. The van der Waals surface area contributed by atoms with Crippen molar-refractivity contribution >= 4 is 5.91 Å². The molecule has 2 rings (SSSR count). The van der Waals surface area contributed by atoms with Gasteiger partial charge in [0.1, 0.15) is 6.17 Å². The van der Waals surface area contributed by atoms with E-state index in [9.17, 15) is 18.0 Å². The first-order valence-electron chi connectivity index (χ1n) is 6.63. The number of rotatable bonds is 4. The van der Waals surface area contributed by atoms with Crippen molar-refractivity contribution in [2.24, 2.45) is 0 Å². The van der Waals surface area contributed by atoms with E-state index in [1.165, 1.54) is 12.1 Å². The molecule has 1 aromatic rings. The minimum atomic E-state index is -4.33. The molecule has 0 radical (unpaired) electrons. The van der Waals surface area contributed by atoms with Crippen LogP contribution in [-0.2, 0) is 11.0 Å². The molecule has 20 heavy (non-hydrogen) atoms. The zero-order chi connectivity index (χ0) is 14.8. The van der Waals surface area contributed by atoms with Gasteiger partial charge in [-0.2, -0.15) is 13.2 Å². The molecule has 1 aromatic carbocycles. The van der Waals surface area contributed by atoms with E-state index in [0.29, 0.717) is 12.1 Å². The predicted octanol–water partition coefficient (Wildman–Crippen LogP) is 2.94. The average molecular weight is 286 g/mol. The summed E-state index contributed by atoms with van der Waals surface area (Å²) in [6.45, 7) is 2.88. The SMILES string of the molecule is CCCCN1C(=O)CNC1c1ccc(C(F)(F)F)cc1. The summed E-state index contributed by atoms with van der Waals surface area (Å²) >= 11 is 0. The van der Waals surface area contributed by atoms with E-state index in [4.69, 9.17) is 0 Å². The highest BCUT2D eigenvalue weighted by atomic mass is 19.4. The van der Waals surface area contributed by atoms with Crippen molar-refractivity contribution in [3.8, 4) is 0 Å². The molecule has 1 N–H and O–H groups in total. The highest BCUT2D eigenvalue weighted by Crippen LogP contribution is 2.31. The molecule has 1 fully saturated rings. The highest BCUT2D eigenvalue weighted by Gasteiger charge is 2.33. The molecule has 1 atom stereocenters. The van der Waals surface area contributed by atoms with Gasteiger partial charge in [0.2, 0.25) is 5.91 Å². The third kappa shape index (κ3) is 3.12. The number of alkyl halides is 3.